The summed E-state index contributed by atoms with van der Waals surface area (Å²) in [5.41, 5.74) is 7.68. The molecule has 134 valence electrons. The third-order valence-corrected chi connectivity index (χ3v) is 5.56. The minimum atomic E-state index is -0.120. The predicted octanol–water partition coefficient (Wildman–Crippen LogP) is 5.53. The average Bonchev–Trinajstić information content (AvgIpc) is 2.72. The zero-order chi connectivity index (χ0) is 18.5. The van der Waals surface area contributed by atoms with Crippen molar-refractivity contribution in [3.05, 3.63) is 70.4 Å². The van der Waals surface area contributed by atoms with E-state index in [2.05, 4.69) is 62.6 Å². The monoisotopic (exact) mass is 346 g/mol. The zero-order valence-corrected chi connectivity index (χ0v) is 15.9. The molecule has 1 heterocycles. The first kappa shape index (κ1) is 16.9. The summed E-state index contributed by atoms with van der Waals surface area (Å²) in [5, 5.41) is 7.27. The number of aryl methyl sites for hydroxylation is 2. The van der Waals surface area contributed by atoms with Gasteiger partial charge >= 0.3 is 0 Å². The second kappa shape index (κ2) is 6.01. The number of nitrogens with one attached hydrogen (secondary N) is 2. The molecular weight excluding hydrogens is 320 g/mol. The normalized spacial score (nSPS) is 21.2. The van der Waals surface area contributed by atoms with Crippen LogP contribution in [0, 0.1) is 19.3 Å². The molecule has 0 saturated heterocycles. The summed E-state index contributed by atoms with van der Waals surface area (Å²) in [6.07, 6.45) is 1.47. The maximum absolute atomic E-state index is 13.1. The average molecular weight is 346 g/mol. The molecule has 3 nitrogen and oxygen atoms in total. The first-order valence-electron chi connectivity index (χ1n) is 9.30. The number of ketones is 1. The Balaban J connectivity index is 1.91. The molecule has 0 aromatic heterocycles. The van der Waals surface area contributed by atoms with Crippen LogP contribution in [0.3, 0.4) is 0 Å². The largest absolute Gasteiger partial charge is 0.372 e. The quantitative estimate of drug-likeness (QED) is 0.714. The van der Waals surface area contributed by atoms with Crippen LogP contribution in [0.25, 0.3) is 0 Å². The lowest BCUT2D eigenvalue weighted by molar-refractivity contribution is -0.118. The number of carbonyl (C=O) groups is 1. The van der Waals surface area contributed by atoms with Gasteiger partial charge in [0.1, 0.15) is 0 Å². The second-order valence-corrected chi connectivity index (χ2v) is 8.43. The molecule has 1 atom stereocenters. The van der Waals surface area contributed by atoms with Gasteiger partial charge in [0.25, 0.3) is 0 Å². The maximum Gasteiger partial charge on any atom is 0.163 e. The molecule has 1 aliphatic heterocycles. The first-order valence-corrected chi connectivity index (χ1v) is 9.30. The van der Waals surface area contributed by atoms with E-state index in [0.29, 0.717) is 6.42 Å². The predicted molar refractivity (Wildman–Crippen MR) is 107 cm³/mol. The fourth-order valence-corrected chi connectivity index (χ4v) is 4.11. The molecule has 2 aromatic carbocycles. The van der Waals surface area contributed by atoms with Crippen LogP contribution in [-0.4, -0.2) is 5.78 Å². The topological polar surface area (TPSA) is 41.1 Å². The lowest BCUT2D eigenvalue weighted by Crippen LogP contribution is -2.31. The molecule has 26 heavy (non-hydrogen) atoms. The van der Waals surface area contributed by atoms with Crippen LogP contribution in [0.15, 0.2) is 53.7 Å². The van der Waals surface area contributed by atoms with Gasteiger partial charge in [-0.15, -0.1) is 0 Å². The molecule has 2 N–H and O–H groups in total. The number of allylic oxidation sites excluding steroid dienone is 1. The van der Waals surface area contributed by atoms with Crippen LogP contribution >= 0.6 is 0 Å². The minimum absolute atomic E-state index is 0.0194. The Bertz CT molecular complexity index is 909. The van der Waals surface area contributed by atoms with E-state index in [-0.39, 0.29) is 17.2 Å². The molecule has 3 heteroatoms. The molecular formula is C23H26N2O. The van der Waals surface area contributed by atoms with Gasteiger partial charge in [0.05, 0.1) is 17.4 Å². The fraction of sp³-hybridized carbons (Fsp3) is 0.348. The third kappa shape index (κ3) is 2.92. The molecule has 0 bridgehead atoms. The number of Topliss-reactive ketones (excluding diaryl/α,β-unsaturated/α-hetero) is 1. The highest BCUT2D eigenvalue weighted by Gasteiger charge is 2.38. The first-order chi connectivity index (χ1) is 12.3. The number of fused-ring (bicyclic) bond motifs is 1. The zero-order valence-electron chi connectivity index (χ0n) is 15.9. The Hall–Kier alpha value is -2.55. The molecule has 2 aromatic rings. The van der Waals surface area contributed by atoms with Crippen molar-refractivity contribution in [2.24, 2.45) is 5.41 Å². The molecule has 0 unspecified atom stereocenters. The summed E-state index contributed by atoms with van der Waals surface area (Å²) in [6.45, 7) is 8.60. The minimum Gasteiger partial charge on any atom is -0.372 e. The van der Waals surface area contributed by atoms with E-state index in [4.69, 9.17) is 0 Å². The van der Waals surface area contributed by atoms with Crippen LogP contribution in [0.1, 0.15) is 49.4 Å². The molecule has 4 rings (SSSR count). The van der Waals surface area contributed by atoms with Crippen molar-refractivity contribution in [1.82, 2.24) is 0 Å². The molecule has 1 aliphatic carbocycles. The fourth-order valence-electron chi connectivity index (χ4n) is 4.11. The van der Waals surface area contributed by atoms with Gasteiger partial charge in [0.2, 0.25) is 0 Å². The van der Waals surface area contributed by atoms with Crippen molar-refractivity contribution in [3.63, 3.8) is 0 Å². The van der Waals surface area contributed by atoms with Gasteiger partial charge in [0.15, 0.2) is 5.78 Å². The number of benzene rings is 2. The van der Waals surface area contributed by atoms with E-state index in [1.165, 1.54) is 11.1 Å². The summed E-state index contributed by atoms with van der Waals surface area (Å²) in [5.74, 6) is 0.242. The number of hydrogen-bond donors (Lipinski definition) is 2. The molecule has 2 aliphatic rings. The van der Waals surface area contributed by atoms with Crippen LogP contribution in [0.5, 0.6) is 0 Å². The smallest absolute Gasteiger partial charge is 0.163 e. The molecule has 0 radical (unpaired) electrons. The van der Waals surface area contributed by atoms with Crippen molar-refractivity contribution in [2.45, 2.75) is 46.6 Å². The Morgan fingerprint density at radius 3 is 2.31 bits per heavy atom. The number of hydrogen-bond acceptors (Lipinski definition) is 3. The Morgan fingerprint density at radius 2 is 1.62 bits per heavy atom. The van der Waals surface area contributed by atoms with Gasteiger partial charge in [0, 0.05) is 17.7 Å². The second-order valence-electron chi connectivity index (χ2n) is 8.43. The van der Waals surface area contributed by atoms with E-state index in [1.807, 2.05) is 18.2 Å². The Morgan fingerprint density at radius 1 is 0.962 bits per heavy atom. The molecule has 0 amide bonds. The van der Waals surface area contributed by atoms with Gasteiger partial charge < -0.3 is 10.6 Å². The molecule has 0 saturated carbocycles. The van der Waals surface area contributed by atoms with Crippen molar-refractivity contribution in [1.29, 1.82) is 0 Å². The third-order valence-electron chi connectivity index (χ3n) is 5.56. The molecule has 0 spiro atoms. The summed E-state index contributed by atoms with van der Waals surface area (Å²) >= 11 is 0. The lowest BCUT2D eigenvalue weighted by atomic mass is 9.73. The van der Waals surface area contributed by atoms with E-state index >= 15 is 0 Å². The standard InChI is InChI=1S/C23H26N2O/c1-14-10-17-18(11-15(14)2)25-22(16-8-6-5-7-9-16)21-19(24-17)12-23(3,4)13-20(21)26/h5-11,22,24-25H,12-13H2,1-4H3/t22-/m0/s1. The maximum atomic E-state index is 13.1. The Kier molecular flexibility index (Phi) is 3.91. The van der Waals surface area contributed by atoms with E-state index in [0.717, 1.165) is 34.6 Å². The van der Waals surface area contributed by atoms with Gasteiger partial charge in [-0.3, -0.25) is 4.79 Å². The van der Waals surface area contributed by atoms with Gasteiger partial charge in [-0.2, -0.15) is 0 Å². The van der Waals surface area contributed by atoms with Crippen LogP contribution < -0.4 is 10.6 Å². The van der Waals surface area contributed by atoms with Crippen molar-refractivity contribution >= 4 is 17.2 Å². The van der Waals surface area contributed by atoms with Crippen LogP contribution in [0.4, 0.5) is 11.4 Å². The van der Waals surface area contributed by atoms with Crippen LogP contribution in [-0.2, 0) is 4.79 Å². The highest BCUT2D eigenvalue weighted by molar-refractivity contribution is 6.01. The molecule has 0 fully saturated rings. The van der Waals surface area contributed by atoms with Gasteiger partial charge in [-0.1, -0.05) is 44.2 Å². The summed E-state index contributed by atoms with van der Waals surface area (Å²) in [6, 6.07) is 14.5. The van der Waals surface area contributed by atoms with Crippen molar-refractivity contribution < 1.29 is 4.79 Å². The number of rotatable bonds is 1. The summed E-state index contributed by atoms with van der Waals surface area (Å²) < 4.78 is 0. The SMILES string of the molecule is Cc1cc2c(cc1C)N[C@@H](c1ccccc1)C1=C(CC(C)(C)CC1=O)N2. The van der Waals surface area contributed by atoms with Gasteiger partial charge in [-0.05, 0) is 54.5 Å². The lowest BCUT2D eigenvalue weighted by Gasteiger charge is -2.34. The van der Waals surface area contributed by atoms with E-state index < -0.39 is 0 Å². The van der Waals surface area contributed by atoms with Crippen molar-refractivity contribution in [3.8, 4) is 0 Å². The summed E-state index contributed by atoms with van der Waals surface area (Å²) in [4.78, 5) is 13.1. The highest BCUT2D eigenvalue weighted by Crippen LogP contribution is 2.45. The van der Waals surface area contributed by atoms with E-state index in [9.17, 15) is 4.79 Å². The number of carbonyl (C=O) groups excluding carboxylic acids is 1. The van der Waals surface area contributed by atoms with Crippen molar-refractivity contribution in [2.75, 3.05) is 10.6 Å². The van der Waals surface area contributed by atoms with E-state index in [1.54, 1.807) is 0 Å². The summed E-state index contributed by atoms with van der Waals surface area (Å²) in [7, 11) is 0. The van der Waals surface area contributed by atoms with Gasteiger partial charge in [-0.25, -0.2) is 0 Å². The number of anilines is 2. The Labute approximate surface area is 155 Å². The highest BCUT2D eigenvalue weighted by atomic mass is 16.1. The van der Waals surface area contributed by atoms with Crippen LogP contribution in [0.2, 0.25) is 0 Å².